The molecule has 17 heavy (non-hydrogen) atoms. The molecule has 0 heterocycles. The molecule has 1 aromatic rings. The van der Waals surface area contributed by atoms with E-state index in [-0.39, 0.29) is 0 Å². The minimum Gasteiger partial charge on any atom is -0.396 e. The molecular formula is C15H23NO. The average Bonchev–Trinajstić information content (AvgIpc) is 2.79. The van der Waals surface area contributed by atoms with Crippen LogP contribution in [0.2, 0.25) is 0 Å². The van der Waals surface area contributed by atoms with Gasteiger partial charge in [0.05, 0.1) is 0 Å². The summed E-state index contributed by atoms with van der Waals surface area (Å²) in [5, 5.41) is 12.8. The zero-order valence-electron chi connectivity index (χ0n) is 10.7. The molecule has 0 aromatic heterocycles. The van der Waals surface area contributed by atoms with Crippen molar-refractivity contribution in [1.29, 1.82) is 0 Å². The quantitative estimate of drug-likeness (QED) is 0.819. The maximum Gasteiger partial charge on any atom is 0.0462 e. The Morgan fingerprint density at radius 3 is 2.59 bits per heavy atom. The van der Waals surface area contributed by atoms with Gasteiger partial charge in [0.25, 0.3) is 0 Å². The summed E-state index contributed by atoms with van der Waals surface area (Å²) in [6, 6.07) is 8.67. The number of nitrogens with one attached hydrogen (secondary N) is 1. The van der Waals surface area contributed by atoms with Gasteiger partial charge in [-0.1, -0.05) is 36.2 Å². The van der Waals surface area contributed by atoms with Crippen LogP contribution in [0.3, 0.4) is 0 Å². The van der Waals surface area contributed by atoms with Crippen molar-refractivity contribution in [1.82, 2.24) is 5.32 Å². The number of aliphatic hydroxyl groups is 1. The molecule has 0 radical (unpaired) electrons. The van der Waals surface area contributed by atoms with Crippen molar-refractivity contribution in [3.8, 4) is 0 Å². The third kappa shape index (κ3) is 3.55. The standard InChI is InChI=1S/C15H23NO/c1-12-5-7-13(8-6-12)9-16-10-14-3-2-4-15(14)11-17/h5-8,14-17H,2-4,9-11H2,1H3. The lowest BCUT2D eigenvalue weighted by molar-refractivity contribution is 0.192. The zero-order valence-corrected chi connectivity index (χ0v) is 10.7. The number of aryl methyl sites for hydroxylation is 1. The topological polar surface area (TPSA) is 32.3 Å². The van der Waals surface area contributed by atoms with Crippen LogP contribution in [0.5, 0.6) is 0 Å². The number of rotatable bonds is 5. The van der Waals surface area contributed by atoms with Gasteiger partial charge in [0.1, 0.15) is 0 Å². The summed E-state index contributed by atoms with van der Waals surface area (Å²) in [5.41, 5.74) is 2.65. The van der Waals surface area contributed by atoms with E-state index in [1.165, 1.54) is 30.4 Å². The highest BCUT2D eigenvalue weighted by Crippen LogP contribution is 2.30. The predicted octanol–water partition coefficient (Wildman–Crippen LogP) is 2.49. The molecule has 0 saturated heterocycles. The summed E-state index contributed by atoms with van der Waals surface area (Å²) in [6.07, 6.45) is 3.75. The summed E-state index contributed by atoms with van der Waals surface area (Å²) in [4.78, 5) is 0. The molecule has 1 fully saturated rings. The van der Waals surface area contributed by atoms with Crippen LogP contribution in [0.25, 0.3) is 0 Å². The number of hydrogen-bond donors (Lipinski definition) is 2. The lowest BCUT2D eigenvalue weighted by atomic mass is 9.97. The SMILES string of the molecule is Cc1ccc(CNCC2CCCC2CO)cc1. The Labute approximate surface area is 104 Å². The van der Waals surface area contributed by atoms with Crippen molar-refractivity contribution in [3.63, 3.8) is 0 Å². The van der Waals surface area contributed by atoms with Gasteiger partial charge < -0.3 is 10.4 Å². The largest absolute Gasteiger partial charge is 0.396 e. The summed E-state index contributed by atoms with van der Waals surface area (Å²) < 4.78 is 0. The highest BCUT2D eigenvalue weighted by atomic mass is 16.3. The molecule has 0 amide bonds. The van der Waals surface area contributed by atoms with E-state index in [0.29, 0.717) is 18.4 Å². The number of benzene rings is 1. The molecule has 1 aromatic carbocycles. The molecule has 2 atom stereocenters. The maximum atomic E-state index is 9.26. The average molecular weight is 233 g/mol. The van der Waals surface area contributed by atoms with Crippen LogP contribution >= 0.6 is 0 Å². The summed E-state index contributed by atoms with van der Waals surface area (Å²) >= 11 is 0. The molecule has 2 N–H and O–H groups in total. The monoisotopic (exact) mass is 233 g/mol. The normalized spacial score (nSPS) is 24.1. The van der Waals surface area contributed by atoms with Crippen molar-refractivity contribution in [2.75, 3.05) is 13.2 Å². The molecule has 94 valence electrons. The Hall–Kier alpha value is -0.860. The van der Waals surface area contributed by atoms with Crippen LogP contribution in [-0.4, -0.2) is 18.3 Å². The lowest BCUT2D eigenvalue weighted by Crippen LogP contribution is -2.26. The summed E-state index contributed by atoms with van der Waals surface area (Å²) in [7, 11) is 0. The Kier molecular flexibility index (Phi) is 4.57. The first-order valence-electron chi connectivity index (χ1n) is 6.66. The maximum absolute atomic E-state index is 9.26. The van der Waals surface area contributed by atoms with E-state index in [2.05, 4.69) is 36.5 Å². The minimum atomic E-state index is 0.358. The fourth-order valence-corrected chi connectivity index (χ4v) is 2.73. The van der Waals surface area contributed by atoms with Gasteiger partial charge in [0.15, 0.2) is 0 Å². The lowest BCUT2D eigenvalue weighted by Gasteiger charge is -2.17. The van der Waals surface area contributed by atoms with Crippen molar-refractivity contribution in [2.45, 2.75) is 32.7 Å². The Balaban J connectivity index is 1.74. The minimum absolute atomic E-state index is 0.358. The van der Waals surface area contributed by atoms with E-state index in [1.54, 1.807) is 0 Å². The molecule has 0 bridgehead atoms. The van der Waals surface area contributed by atoms with E-state index in [9.17, 15) is 5.11 Å². The third-order valence-corrected chi connectivity index (χ3v) is 3.91. The van der Waals surface area contributed by atoms with Crippen LogP contribution in [0.4, 0.5) is 0 Å². The molecule has 2 nitrogen and oxygen atoms in total. The van der Waals surface area contributed by atoms with E-state index in [1.807, 2.05) is 0 Å². The van der Waals surface area contributed by atoms with Gasteiger partial charge in [-0.15, -0.1) is 0 Å². The third-order valence-electron chi connectivity index (χ3n) is 3.91. The second kappa shape index (κ2) is 6.18. The fourth-order valence-electron chi connectivity index (χ4n) is 2.73. The van der Waals surface area contributed by atoms with Gasteiger partial charge in [0, 0.05) is 13.2 Å². The molecule has 0 aliphatic heterocycles. The zero-order chi connectivity index (χ0) is 12.1. The predicted molar refractivity (Wildman–Crippen MR) is 70.8 cm³/mol. The molecule has 1 saturated carbocycles. The smallest absolute Gasteiger partial charge is 0.0462 e. The van der Waals surface area contributed by atoms with Crippen LogP contribution in [0.15, 0.2) is 24.3 Å². The molecule has 2 unspecified atom stereocenters. The van der Waals surface area contributed by atoms with E-state index < -0.39 is 0 Å². The second-order valence-corrected chi connectivity index (χ2v) is 5.25. The Morgan fingerprint density at radius 1 is 1.18 bits per heavy atom. The molecule has 0 spiro atoms. The molecule has 2 rings (SSSR count). The van der Waals surface area contributed by atoms with Crippen LogP contribution < -0.4 is 5.32 Å². The molecular weight excluding hydrogens is 210 g/mol. The van der Waals surface area contributed by atoms with Crippen molar-refractivity contribution >= 4 is 0 Å². The first kappa shape index (κ1) is 12.6. The number of aliphatic hydroxyl groups excluding tert-OH is 1. The van der Waals surface area contributed by atoms with Gasteiger partial charge in [-0.05, 0) is 43.7 Å². The van der Waals surface area contributed by atoms with Gasteiger partial charge in [-0.25, -0.2) is 0 Å². The fraction of sp³-hybridized carbons (Fsp3) is 0.600. The summed E-state index contributed by atoms with van der Waals surface area (Å²) in [6.45, 7) is 4.45. The van der Waals surface area contributed by atoms with Crippen LogP contribution in [-0.2, 0) is 6.54 Å². The van der Waals surface area contributed by atoms with Gasteiger partial charge in [-0.2, -0.15) is 0 Å². The van der Waals surface area contributed by atoms with E-state index >= 15 is 0 Å². The van der Waals surface area contributed by atoms with Gasteiger partial charge in [0.2, 0.25) is 0 Å². The Bertz CT molecular complexity index is 333. The van der Waals surface area contributed by atoms with Crippen molar-refractivity contribution in [3.05, 3.63) is 35.4 Å². The van der Waals surface area contributed by atoms with Crippen LogP contribution in [0.1, 0.15) is 30.4 Å². The molecule has 1 aliphatic rings. The molecule has 2 heteroatoms. The highest BCUT2D eigenvalue weighted by Gasteiger charge is 2.25. The first-order chi connectivity index (χ1) is 8.29. The highest BCUT2D eigenvalue weighted by molar-refractivity contribution is 5.21. The van der Waals surface area contributed by atoms with E-state index in [4.69, 9.17) is 0 Å². The van der Waals surface area contributed by atoms with Gasteiger partial charge in [-0.3, -0.25) is 0 Å². The Morgan fingerprint density at radius 2 is 1.88 bits per heavy atom. The van der Waals surface area contributed by atoms with Crippen molar-refractivity contribution in [2.24, 2.45) is 11.8 Å². The first-order valence-corrected chi connectivity index (χ1v) is 6.66. The van der Waals surface area contributed by atoms with E-state index in [0.717, 1.165) is 13.1 Å². The summed E-state index contributed by atoms with van der Waals surface area (Å²) in [5.74, 6) is 1.20. The second-order valence-electron chi connectivity index (χ2n) is 5.25. The number of hydrogen-bond acceptors (Lipinski definition) is 2. The van der Waals surface area contributed by atoms with Gasteiger partial charge >= 0.3 is 0 Å². The molecule has 1 aliphatic carbocycles. The van der Waals surface area contributed by atoms with Crippen molar-refractivity contribution < 1.29 is 5.11 Å². The van der Waals surface area contributed by atoms with Crippen LogP contribution in [0, 0.1) is 18.8 Å².